The second kappa shape index (κ2) is 4.54. The van der Waals surface area contributed by atoms with E-state index in [0.29, 0.717) is 5.69 Å². The summed E-state index contributed by atoms with van der Waals surface area (Å²) < 4.78 is 29.5. The van der Waals surface area contributed by atoms with Gasteiger partial charge < -0.3 is 9.63 Å². The number of sulfonamides is 1. The molecule has 1 atom stereocenters. The molecule has 0 radical (unpaired) electrons. The molecule has 0 bridgehead atoms. The van der Waals surface area contributed by atoms with Crippen molar-refractivity contribution in [3.05, 3.63) is 18.0 Å². The van der Waals surface area contributed by atoms with Gasteiger partial charge >= 0.3 is 0 Å². The average Bonchev–Trinajstić information content (AvgIpc) is 2.66. The zero-order valence-electron chi connectivity index (χ0n) is 7.67. The van der Waals surface area contributed by atoms with Crippen molar-refractivity contribution in [1.29, 1.82) is 0 Å². The molecule has 1 aromatic heterocycles. The van der Waals surface area contributed by atoms with Crippen molar-refractivity contribution >= 4 is 10.0 Å². The minimum Gasteiger partial charge on any atom is -0.395 e. The van der Waals surface area contributed by atoms with Gasteiger partial charge in [-0.2, -0.15) is 0 Å². The molecule has 0 saturated carbocycles. The summed E-state index contributed by atoms with van der Waals surface area (Å²) in [7, 11) is -3.47. The summed E-state index contributed by atoms with van der Waals surface area (Å²) in [5.41, 5.74) is 0.499. The molecule has 2 N–H and O–H groups in total. The van der Waals surface area contributed by atoms with Gasteiger partial charge in [-0.3, -0.25) is 0 Å². The second-order valence-corrected chi connectivity index (χ2v) is 5.03. The maximum atomic E-state index is 11.3. The molecule has 6 nitrogen and oxygen atoms in total. The number of hydrogen-bond acceptors (Lipinski definition) is 5. The van der Waals surface area contributed by atoms with Gasteiger partial charge in [-0.1, -0.05) is 5.16 Å². The van der Waals surface area contributed by atoms with E-state index in [1.807, 2.05) is 0 Å². The normalized spacial score (nSPS) is 14.1. The summed E-state index contributed by atoms with van der Waals surface area (Å²) >= 11 is 0. The Balaban J connectivity index is 2.53. The summed E-state index contributed by atoms with van der Waals surface area (Å²) in [5.74, 6) is 0. The zero-order chi connectivity index (χ0) is 10.6. The van der Waals surface area contributed by atoms with Crippen LogP contribution in [0.2, 0.25) is 0 Å². The molecule has 7 heteroatoms. The lowest BCUT2D eigenvalue weighted by atomic mass is 10.5. The highest BCUT2D eigenvalue weighted by Crippen LogP contribution is 1.99. The van der Waals surface area contributed by atoms with Crippen molar-refractivity contribution in [3.63, 3.8) is 0 Å². The van der Waals surface area contributed by atoms with Crippen LogP contribution < -0.4 is 4.72 Å². The van der Waals surface area contributed by atoms with E-state index >= 15 is 0 Å². The molecular weight excluding hydrogens is 208 g/mol. The van der Waals surface area contributed by atoms with Crippen LogP contribution in [-0.4, -0.2) is 30.5 Å². The molecule has 0 aliphatic heterocycles. The SMILES string of the molecule is CC(CO)S(=O)(=O)NCc1ccon1. The lowest BCUT2D eigenvalue weighted by molar-refractivity contribution is 0.294. The standard InChI is InChI=1S/C7H12N2O4S/c1-6(5-10)14(11,12)8-4-7-2-3-13-9-7/h2-3,6,8,10H,4-5H2,1H3. The first kappa shape index (κ1) is 11.2. The molecule has 80 valence electrons. The monoisotopic (exact) mass is 220 g/mol. The maximum absolute atomic E-state index is 11.3. The molecule has 14 heavy (non-hydrogen) atoms. The molecule has 0 aromatic carbocycles. The Morgan fingerprint density at radius 1 is 1.71 bits per heavy atom. The van der Waals surface area contributed by atoms with E-state index in [1.165, 1.54) is 13.2 Å². The van der Waals surface area contributed by atoms with Gasteiger partial charge in [0.1, 0.15) is 6.26 Å². The lowest BCUT2D eigenvalue weighted by Crippen LogP contribution is -2.34. The van der Waals surface area contributed by atoms with Crippen LogP contribution in [0.15, 0.2) is 16.9 Å². The van der Waals surface area contributed by atoms with E-state index in [9.17, 15) is 8.42 Å². The number of nitrogens with zero attached hydrogens (tertiary/aromatic N) is 1. The van der Waals surface area contributed by atoms with Gasteiger partial charge in [0, 0.05) is 6.07 Å². The van der Waals surface area contributed by atoms with E-state index in [0.717, 1.165) is 0 Å². The summed E-state index contributed by atoms with van der Waals surface area (Å²) in [6.07, 6.45) is 1.36. The largest absolute Gasteiger partial charge is 0.395 e. The van der Waals surface area contributed by atoms with Crippen LogP contribution in [0, 0.1) is 0 Å². The number of aliphatic hydroxyl groups excluding tert-OH is 1. The highest BCUT2D eigenvalue weighted by molar-refractivity contribution is 7.90. The fourth-order valence-corrected chi connectivity index (χ4v) is 1.57. The molecule has 0 saturated heterocycles. The van der Waals surface area contributed by atoms with Crippen LogP contribution in [0.1, 0.15) is 12.6 Å². The first-order chi connectivity index (χ1) is 6.56. The minimum atomic E-state index is -3.47. The number of rotatable bonds is 5. The summed E-state index contributed by atoms with van der Waals surface area (Å²) in [6.45, 7) is 1.09. The third-order valence-electron chi connectivity index (χ3n) is 1.73. The molecule has 0 spiro atoms. The summed E-state index contributed by atoms with van der Waals surface area (Å²) in [4.78, 5) is 0. The third-order valence-corrected chi connectivity index (χ3v) is 3.49. The Morgan fingerprint density at radius 2 is 2.43 bits per heavy atom. The van der Waals surface area contributed by atoms with Gasteiger partial charge in [-0.25, -0.2) is 13.1 Å². The van der Waals surface area contributed by atoms with Crippen LogP contribution in [0.4, 0.5) is 0 Å². The fourth-order valence-electron chi connectivity index (χ4n) is 0.744. The topological polar surface area (TPSA) is 92.4 Å². The number of nitrogens with one attached hydrogen (secondary N) is 1. The Morgan fingerprint density at radius 3 is 2.93 bits per heavy atom. The van der Waals surface area contributed by atoms with Crippen LogP contribution >= 0.6 is 0 Å². The lowest BCUT2D eigenvalue weighted by Gasteiger charge is -2.09. The fraction of sp³-hybridized carbons (Fsp3) is 0.571. The zero-order valence-corrected chi connectivity index (χ0v) is 8.49. The van der Waals surface area contributed by atoms with Crippen molar-refractivity contribution in [1.82, 2.24) is 9.88 Å². The molecule has 1 rings (SSSR count). The Bertz CT molecular complexity index is 359. The minimum absolute atomic E-state index is 0.0726. The number of aromatic nitrogens is 1. The van der Waals surface area contributed by atoms with Crippen molar-refractivity contribution in [2.45, 2.75) is 18.7 Å². The van der Waals surface area contributed by atoms with E-state index in [2.05, 4.69) is 14.4 Å². The predicted molar refractivity (Wildman–Crippen MR) is 48.8 cm³/mol. The first-order valence-electron chi connectivity index (χ1n) is 4.05. The first-order valence-corrected chi connectivity index (χ1v) is 5.59. The van der Waals surface area contributed by atoms with Gasteiger partial charge in [0.05, 0.1) is 24.1 Å². The predicted octanol–water partition coefficient (Wildman–Crippen LogP) is -0.525. The molecule has 0 amide bonds. The van der Waals surface area contributed by atoms with Gasteiger partial charge in [0.25, 0.3) is 0 Å². The molecule has 0 aliphatic rings. The quantitative estimate of drug-likeness (QED) is 0.696. The van der Waals surface area contributed by atoms with Crippen LogP contribution in [0.25, 0.3) is 0 Å². The molecule has 1 heterocycles. The van der Waals surface area contributed by atoms with Crippen LogP contribution in [-0.2, 0) is 16.6 Å². The average molecular weight is 220 g/mol. The number of aliphatic hydroxyl groups is 1. The summed E-state index contributed by atoms with van der Waals surface area (Å²) in [6, 6.07) is 1.56. The van der Waals surface area contributed by atoms with Gasteiger partial charge in [-0.15, -0.1) is 0 Å². The molecule has 1 aromatic rings. The highest BCUT2D eigenvalue weighted by atomic mass is 32.2. The second-order valence-electron chi connectivity index (χ2n) is 2.85. The van der Waals surface area contributed by atoms with Crippen molar-refractivity contribution in [2.24, 2.45) is 0 Å². The van der Waals surface area contributed by atoms with E-state index in [1.54, 1.807) is 6.07 Å². The van der Waals surface area contributed by atoms with Crippen molar-refractivity contribution in [2.75, 3.05) is 6.61 Å². The highest BCUT2D eigenvalue weighted by Gasteiger charge is 2.19. The van der Waals surface area contributed by atoms with Gasteiger partial charge in [0.2, 0.25) is 10.0 Å². The van der Waals surface area contributed by atoms with E-state index < -0.39 is 21.9 Å². The smallest absolute Gasteiger partial charge is 0.216 e. The summed E-state index contributed by atoms with van der Waals surface area (Å²) in [5, 5.41) is 11.4. The molecule has 1 unspecified atom stereocenters. The third kappa shape index (κ3) is 2.79. The van der Waals surface area contributed by atoms with Crippen LogP contribution in [0.5, 0.6) is 0 Å². The van der Waals surface area contributed by atoms with Crippen molar-refractivity contribution < 1.29 is 18.0 Å². The van der Waals surface area contributed by atoms with Crippen LogP contribution in [0.3, 0.4) is 0 Å². The van der Waals surface area contributed by atoms with Gasteiger partial charge in [0.15, 0.2) is 0 Å². The Hall–Kier alpha value is -0.920. The Kier molecular flexibility index (Phi) is 3.62. The Labute approximate surface area is 82.0 Å². The number of hydrogen-bond donors (Lipinski definition) is 2. The molecule has 0 fully saturated rings. The maximum Gasteiger partial charge on any atom is 0.216 e. The molecular formula is C7H12N2O4S. The van der Waals surface area contributed by atoms with Gasteiger partial charge in [-0.05, 0) is 6.92 Å². The van der Waals surface area contributed by atoms with Crippen molar-refractivity contribution in [3.8, 4) is 0 Å². The van der Waals surface area contributed by atoms with E-state index in [4.69, 9.17) is 5.11 Å². The molecule has 0 aliphatic carbocycles. The van der Waals surface area contributed by atoms with E-state index in [-0.39, 0.29) is 6.54 Å².